The van der Waals surface area contributed by atoms with Gasteiger partial charge in [-0.3, -0.25) is 9.69 Å². The molecule has 3 aromatic rings. The molecule has 1 aromatic heterocycles. The molecule has 0 spiro atoms. The summed E-state index contributed by atoms with van der Waals surface area (Å²) in [5.74, 6) is 0.960. The lowest BCUT2D eigenvalue weighted by Crippen LogP contribution is -2.39. The van der Waals surface area contributed by atoms with E-state index in [1.807, 2.05) is 30.6 Å². The van der Waals surface area contributed by atoms with Gasteiger partial charge in [-0.15, -0.1) is 0 Å². The first-order valence-electron chi connectivity index (χ1n) is 10.8. The molecule has 1 amide bonds. The van der Waals surface area contributed by atoms with E-state index in [-0.39, 0.29) is 11.7 Å². The fraction of sp³-hybridized carbons (Fsp3) is 0.280. The van der Waals surface area contributed by atoms with Crippen molar-refractivity contribution in [3.63, 3.8) is 0 Å². The van der Waals surface area contributed by atoms with Crippen LogP contribution in [-0.4, -0.2) is 54.4 Å². The number of methoxy groups -OCH3 is 2. The fourth-order valence-corrected chi connectivity index (χ4v) is 3.89. The van der Waals surface area contributed by atoms with Crippen LogP contribution in [0.25, 0.3) is 11.3 Å². The van der Waals surface area contributed by atoms with E-state index in [4.69, 9.17) is 9.47 Å². The van der Waals surface area contributed by atoms with Crippen LogP contribution in [0, 0.1) is 5.82 Å². The molecule has 1 aliphatic heterocycles. The predicted octanol–water partition coefficient (Wildman–Crippen LogP) is 3.43. The summed E-state index contributed by atoms with van der Waals surface area (Å²) in [6.07, 6.45) is 6.72. The Morgan fingerprint density at radius 3 is 2.67 bits per heavy atom. The molecule has 0 fully saturated rings. The summed E-state index contributed by atoms with van der Waals surface area (Å²) in [4.78, 5) is 14.6. The van der Waals surface area contributed by atoms with Gasteiger partial charge in [-0.25, -0.2) is 9.07 Å². The standard InChI is InChI=1S/C25H27FN4O3/c1-32-23-5-3-4-19(25(23)33-2)14-27-24(31)17-29-12-10-18(11-13-29)20-15-28-30(16-20)22-8-6-21(26)7-9-22/h3-10,15-16H,11-14,17H2,1-2H3,(H,27,31). The Bertz CT molecular complexity index is 1140. The maximum atomic E-state index is 13.1. The number of carbonyl (C=O) groups excluding carboxylic acids is 1. The number of amides is 1. The molecule has 0 unspecified atom stereocenters. The number of aromatic nitrogens is 2. The van der Waals surface area contributed by atoms with Gasteiger partial charge in [0.2, 0.25) is 5.91 Å². The average Bonchev–Trinajstić information content (AvgIpc) is 3.33. The first kappa shape index (κ1) is 22.5. The Balaban J connectivity index is 1.31. The van der Waals surface area contributed by atoms with E-state index in [1.165, 1.54) is 17.7 Å². The van der Waals surface area contributed by atoms with Crippen LogP contribution in [0.4, 0.5) is 4.39 Å². The number of ether oxygens (including phenoxy) is 2. The van der Waals surface area contributed by atoms with Gasteiger partial charge in [0.25, 0.3) is 0 Å². The Labute approximate surface area is 192 Å². The van der Waals surface area contributed by atoms with Gasteiger partial charge in [0, 0.05) is 37.0 Å². The number of rotatable bonds is 8. The largest absolute Gasteiger partial charge is 0.493 e. The maximum Gasteiger partial charge on any atom is 0.234 e. The molecule has 0 atom stereocenters. The van der Waals surface area contributed by atoms with Crippen molar-refractivity contribution in [2.24, 2.45) is 0 Å². The number of nitrogens with zero attached hydrogens (tertiary/aromatic N) is 3. The molecule has 0 aliphatic carbocycles. The van der Waals surface area contributed by atoms with Crippen molar-refractivity contribution in [2.75, 3.05) is 33.9 Å². The zero-order valence-electron chi connectivity index (χ0n) is 18.8. The fourth-order valence-electron chi connectivity index (χ4n) is 3.89. The first-order chi connectivity index (χ1) is 16.1. The van der Waals surface area contributed by atoms with Crippen molar-refractivity contribution < 1.29 is 18.7 Å². The Hall–Kier alpha value is -3.65. The molecule has 8 heteroatoms. The van der Waals surface area contributed by atoms with E-state index in [0.717, 1.165) is 29.8 Å². The van der Waals surface area contributed by atoms with E-state index in [0.29, 0.717) is 31.1 Å². The van der Waals surface area contributed by atoms with Gasteiger partial charge in [0.15, 0.2) is 11.5 Å². The lowest BCUT2D eigenvalue weighted by atomic mass is 10.0. The summed E-state index contributed by atoms with van der Waals surface area (Å²) in [6, 6.07) is 11.8. The Morgan fingerprint density at radius 1 is 1.15 bits per heavy atom. The highest BCUT2D eigenvalue weighted by Gasteiger charge is 2.17. The number of hydrogen-bond acceptors (Lipinski definition) is 5. The second-order valence-corrected chi connectivity index (χ2v) is 7.79. The molecule has 0 saturated carbocycles. The predicted molar refractivity (Wildman–Crippen MR) is 124 cm³/mol. The lowest BCUT2D eigenvalue weighted by Gasteiger charge is -2.25. The molecule has 0 saturated heterocycles. The molecule has 4 rings (SSSR count). The van der Waals surface area contributed by atoms with Gasteiger partial charge >= 0.3 is 0 Å². The number of carbonyl (C=O) groups is 1. The molecule has 172 valence electrons. The summed E-state index contributed by atoms with van der Waals surface area (Å²) in [7, 11) is 3.18. The molecule has 2 aromatic carbocycles. The molecule has 1 aliphatic rings. The summed E-state index contributed by atoms with van der Waals surface area (Å²) in [5.41, 5.74) is 3.91. The van der Waals surface area contributed by atoms with Crippen molar-refractivity contribution >= 4 is 11.5 Å². The highest BCUT2D eigenvalue weighted by atomic mass is 19.1. The van der Waals surface area contributed by atoms with Gasteiger partial charge in [-0.2, -0.15) is 5.10 Å². The van der Waals surface area contributed by atoms with Crippen LogP contribution in [0.2, 0.25) is 0 Å². The van der Waals surface area contributed by atoms with Gasteiger partial charge < -0.3 is 14.8 Å². The first-order valence-corrected chi connectivity index (χ1v) is 10.8. The third-order valence-corrected chi connectivity index (χ3v) is 5.67. The topological polar surface area (TPSA) is 68.6 Å². The minimum Gasteiger partial charge on any atom is -0.493 e. The smallest absolute Gasteiger partial charge is 0.234 e. The van der Waals surface area contributed by atoms with Crippen LogP contribution in [0.5, 0.6) is 11.5 Å². The summed E-state index contributed by atoms with van der Waals surface area (Å²) >= 11 is 0. The minimum absolute atomic E-state index is 0.0409. The van der Waals surface area contributed by atoms with E-state index in [1.54, 1.807) is 31.0 Å². The third-order valence-electron chi connectivity index (χ3n) is 5.67. The average molecular weight is 451 g/mol. The Kier molecular flexibility index (Phi) is 7.04. The van der Waals surface area contributed by atoms with Crippen LogP contribution in [0.3, 0.4) is 0 Å². The quantitative estimate of drug-likeness (QED) is 0.570. The van der Waals surface area contributed by atoms with Gasteiger partial charge in [0.1, 0.15) is 5.82 Å². The van der Waals surface area contributed by atoms with Gasteiger partial charge in [-0.1, -0.05) is 18.2 Å². The van der Waals surface area contributed by atoms with Crippen molar-refractivity contribution in [1.82, 2.24) is 20.0 Å². The van der Waals surface area contributed by atoms with Gasteiger partial charge in [-0.05, 0) is 42.3 Å². The molecule has 2 heterocycles. The number of hydrogen-bond donors (Lipinski definition) is 1. The van der Waals surface area contributed by atoms with Crippen LogP contribution >= 0.6 is 0 Å². The molecular weight excluding hydrogens is 423 g/mol. The highest BCUT2D eigenvalue weighted by Crippen LogP contribution is 2.30. The number of nitrogens with one attached hydrogen (secondary N) is 1. The second kappa shape index (κ2) is 10.3. The normalized spacial score (nSPS) is 14.0. The Morgan fingerprint density at radius 2 is 1.97 bits per heavy atom. The third kappa shape index (κ3) is 5.40. The monoisotopic (exact) mass is 450 g/mol. The van der Waals surface area contributed by atoms with Crippen molar-refractivity contribution in [3.8, 4) is 17.2 Å². The van der Waals surface area contributed by atoms with Crippen molar-refractivity contribution in [2.45, 2.75) is 13.0 Å². The summed E-state index contributed by atoms with van der Waals surface area (Å²) < 4.78 is 25.6. The number of para-hydroxylation sites is 1. The van der Waals surface area contributed by atoms with Crippen LogP contribution in [-0.2, 0) is 11.3 Å². The van der Waals surface area contributed by atoms with E-state index in [2.05, 4.69) is 21.4 Å². The molecule has 33 heavy (non-hydrogen) atoms. The molecular formula is C25H27FN4O3. The van der Waals surface area contributed by atoms with Crippen LogP contribution < -0.4 is 14.8 Å². The van der Waals surface area contributed by atoms with Gasteiger partial charge in [0.05, 0.1) is 32.6 Å². The number of benzene rings is 2. The van der Waals surface area contributed by atoms with E-state index in [9.17, 15) is 9.18 Å². The van der Waals surface area contributed by atoms with Crippen molar-refractivity contribution in [3.05, 3.63) is 77.9 Å². The van der Waals surface area contributed by atoms with E-state index >= 15 is 0 Å². The lowest BCUT2D eigenvalue weighted by molar-refractivity contribution is -0.122. The molecule has 0 radical (unpaired) electrons. The summed E-state index contributed by atoms with van der Waals surface area (Å²) in [5, 5.41) is 7.36. The zero-order chi connectivity index (χ0) is 23.2. The molecule has 0 bridgehead atoms. The van der Waals surface area contributed by atoms with Crippen LogP contribution in [0.1, 0.15) is 17.5 Å². The summed E-state index contributed by atoms with van der Waals surface area (Å²) in [6.45, 7) is 2.16. The maximum absolute atomic E-state index is 13.1. The van der Waals surface area contributed by atoms with Crippen molar-refractivity contribution in [1.29, 1.82) is 0 Å². The minimum atomic E-state index is -0.270. The van der Waals surface area contributed by atoms with Crippen LogP contribution in [0.15, 0.2) is 60.9 Å². The zero-order valence-corrected chi connectivity index (χ0v) is 18.8. The number of halogens is 1. The molecule has 7 nitrogen and oxygen atoms in total. The SMILES string of the molecule is COc1cccc(CNC(=O)CN2CC=C(c3cnn(-c4ccc(F)cc4)c3)CC2)c1OC. The second-order valence-electron chi connectivity index (χ2n) is 7.79. The van der Waals surface area contributed by atoms with E-state index < -0.39 is 0 Å². The highest BCUT2D eigenvalue weighted by molar-refractivity contribution is 5.78. The molecule has 1 N–H and O–H groups in total.